The van der Waals surface area contributed by atoms with Gasteiger partial charge in [-0.1, -0.05) is 0 Å². The lowest BCUT2D eigenvalue weighted by Gasteiger charge is -2.51. The van der Waals surface area contributed by atoms with E-state index in [1.165, 1.54) is 26.0 Å². The van der Waals surface area contributed by atoms with Gasteiger partial charge in [0.1, 0.15) is 17.0 Å². The van der Waals surface area contributed by atoms with Crippen molar-refractivity contribution in [2.45, 2.75) is 19.0 Å². The van der Waals surface area contributed by atoms with Crippen molar-refractivity contribution in [1.82, 2.24) is 19.8 Å². The van der Waals surface area contributed by atoms with Crippen molar-refractivity contribution in [2.24, 2.45) is 11.3 Å². The van der Waals surface area contributed by atoms with Crippen molar-refractivity contribution in [3.8, 4) is 0 Å². The molecule has 3 fully saturated rings. The number of thiophene rings is 1. The van der Waals surface area contributed by atoms with Crippen LogP contribution >= 0.6 is 11.3 Å². The van der Waals surface area contributed by atoms with Crippen molar-refractivity contribution in [2.75, 3.05) is 57.8 Å². The van der Waals surface area contributed by atoms with Gasteiger partial charge in [-0.15, -0.1) is 11.3 Å². The quantitative estimate of drug-likeness (QED) is 0.773. The zero-order valence-corrected chi connectivity index (χ0v) is 16.7. The highest BCUT2D eigenvalue weighted by molar-refractivity contribution is 7.18. The van der Waals surface area contributed by atoms with Crippen molar-refractivity contribution in [3.05, 3.63) is 17.3 Å². The van der Waals surface area contributed by atoms with E-state index in [1.54, 1.807) is 6.07 Å². The summed E-state index contributed by atoms with van der Waals surface area (Å²) in [7, 11) is 2.16. The molecule has 3 aliphatic rings. The zero-order chi connectivity index (χ0) is 19.5. The third-order valence-corrected chi connectivity index (χ3v) is 7.29. The van der Waals surface area contributed by atoms with Crippen LogP contribution < -0.4 is 4.90 Å². The Bertz CT molecular complexity index is 870. The van der Waals surface area contributed by atoms with Crippen LogP contribution in [0.15, 0.2) is 12.4 Å². The van der Waals surface area contributed by atoms with Crippen molar-refractivity contribution in [3.63, 3.8) is 0 Å². The molecule has 0 radical (unpaired) electrons. The second-order valence-electron chi connectivity index (χ2n) is 8.85. The Morgan fingerprint density at radius 1 is 1.21 bits per heavy atom. The molecule has 2 aromatic rings. The number of fused-ring (bicyclic) bond motifs is 1. The lowest BCUT2D eigenvalue weighted by atomic mass is 9.78. The molecule has 0 aliphatic carbocycles. The Balaban J connectivity index is 1.26. The molecule has 5 heterocycles. The van der Waals surface area contributed by atoms with Gasteiger partial charge in [0.15, 0.2) is 0 Å². The first-order chi connectivity index (χ1) is 13.3. The van der Waals surface area contributed by atoms with E-state index in [-0.39, 0.29) is 0 Å². The average molecular weight is 411 g/mol. The fourth-order valence-electron chi connectivity index (χ4n) is 5.14. The SMILES string of the molecule is CN1CC(CN2CC3(CCN(c4ncnc5sc(CC(F)(F)F)cc45)C3)C2)C1. The molecule has 0 saturated carbocycles. The highest BCUT2D eigenvalue weighted by Gasteiger charge is 2.48. The highest BCUT2D eigenvalue weighted by Crippen LogP contribution is 2.43. The minimum atomic E-state index is -4.20. The summed E-state index contributed by atoms with van der Waals surface area (Å²) in [5.74, 6) is 1.60. The Morgan fingerprint density at radius 2 is 2.00 bits per heavy atom. The summed E-state index contributed by atoms with van der Waals surface area (Å²) in [6.07, 6.45) is -2.49. The number of nitrogens with zero attached hydrogens (tertiary/aromatic N) is 5. The van der Waals surface area contributed by atoms with Gasteiger partial charge in [-0.3, -0.25) is 0 Å². The van der Waals surface area contributed by atoms with Gasteiger partial charge in [0.2, 0.25) is 0 Å². The number of anilines is 1. The van der Waals surface area contributed by atoms with E-state index in [2.05, 4.69) is 31.7 Å². The van der Waals surface area contributed by atoms with Crippen LogP contribution in [0.2, 0.25) is 0 Å². The van der Waals surface area contributed by atoms with Gasteiger partial charge in [0, 0.05) is 56.1 Å². The van der Waals surface area contributed by atoms with Crippen LogP contribution in [0.25, 0.3) is 10.2 Å². The number of aromatic nitrogens is 2. The first-order valence-electron chi connectivity index (χ1n) is 9.75. The van der Waals surface area contributed by atoms with Gasteiger partial charge in [-0.2, -0.15) is 13.2 Å². The predicted molar refractivity (Wildman–Crippen MR) is 104 cm³/mol. The molecule has 1 spiro atoms. The van der Waals surface area contributed by atoms with Crippen molar-refractivity contribution in [1.29, 1.82) is 0 Å². The lowest BCUT2D eigenvalue weighted by Crippen LogP contribution is -2.61. The van der Waals surface area contributed by atoms with Gasteiger partial charge in [-0.05, 0) is 25.5 Å². The maximum atomic E-state index is 12.8. The first-order valence-corrected chi connectivity index (χ1v) is 10.6. The molecule has 9 heteroatoms. The normalized spacial score (nSPS) is 23.5. The second-order valence-corrected chi connectivity index (χ2v) is 9.96. The van der Waals surface area contributed by atoms with Crippen LogP contribution in [0.1, 0.15) is 11.3 Å². The molecule has 152 valence electrons. The molecular weight excluding hydrogens is 387 g/mol. The van der Waals surface area contributed by atoms with E-state index < -0.39 is 12.6 Å². The Labute approximate surface area is 166 Å². The van der Waals surface area contributed by atoms with Crippen LogP contribution in [0, 0.1) is 11.3 Å². The van der Waals surface area contributed by atoms with Gasteiger partial charge in [0.05, 0.1) is 11.8 Å². The third-order valence-electron chi connectivity index (χ3n) is 6.25. The van der Waals surface area contributed by atoms with Crippen LogP contribution in [0.5, 0.6) is 0 Å². The van der Waals surface area contributed by atoms with Gasteiger partial charge in [0.25, 0.3) is 0 Å². The molecule has 0 amide bonds. The minimum absolute atomic E-state index is 0.304. The monoisotopic (exact) mass is 411 g/mol. The highest BCUT2D eigenvalue weighted by atomic mass is 32.1. The Hall–Kier alpha value is -1.45. The van der Waals surface area contributed by atoms with Crippen LogP contribution in [0.4, 0.5) is 19.0 Å². The molecule has 0 bridgehead atoms. The molecule has 0 unspecified atom stereocenters. The van der Waals surface area contributed by atoms with Gasteiger partial charge >= 0.3 is 6.18 Å². The van der Waals surface area contributed by atoms with E-state index in [0.717, 1.165) is 61.1 Å². The summed E-state index contributed by atoms with van der Waals surface area (Å²) in [5, 5.41) is 0.762. The number of rotatable bonds is 4. The largest absolute Gasteiger partial charge is 0.393 e. The number of hydrogen-bond donors (Lipinski definition) is 0. The van der Waals surface area contributed by atoms with Crippen LogP contribution in [-0.4, -0.2) is 78.8 Å². The smallest absolute Gasteiger partial charge is 0.355 e. The standard InChI is InChI=1S/C19H24F3N5S/c1-25-6-13(7-25)8-26-9-18(10-26)2-3-27(11-18)16-15-4-14(5-19(20,21)22)28-17(15)24-12-23-16/h4,12-13H,2-3,5-11H2,1H3. The number of hydrogen-bond acceptors (Lipinski definition) is 6. The topological polar surface area (TPSA) is 35.5 Å². The van der Waals surface area contributed by atoms with Crippen molar-refractivity contribution >= 4 is 27.4 Å². The molecule has 3 saturated heterocycles. The summed E-state index contributed by atoms with van der Waals surface area (Å²) >= 11 is 1.12. The Kier molecular flexibility index (Phi) is 4.33. The van der Waals surface area contributed by atoms with Crippen LogP contribution in [0.3, 0.4) is 0 Å². The second kappa shape index (κ2) is 6.53. The fourth-order valence-corrected chi connectivity index (χ4v) is 6.16. The fraction of sp³-hybridized carbons (Fsp3) is 0.684. The lowest BCUT2D eigenvalue weighted by molar-refractivity contribution is -0.126. The van der Waals surface area contributed by atoms with E-state index >= 15 is 0 Å². The Morgan fingerprint density at radius 3 is 2.71 bits per heavy atom. The molecule has 3 aliphatic heterocycles. The van der Waals surface area contributed by atoms with E-state index in [1.807, 2.05) is 0 Å². The summed E-state index contributed by atoms with van der Waals surface area (Å²) in [6, 6.07) is 1.63. The first kappa shape index (κ1) is 18.6. The molecule has 28 heavy (non-hydrogen) atoms. The van der Waals surface area contributed by atoms with E-state index in [0.29, 0.717) is 15.1 Å². The van der Waals surface area contributed by atoms with Gasteiger partial charge < -0.3 is 14.7 Å². The summed E-state index contributed by atoms with van der Waals surface area (Å²) < 4.78 is 38.3. The maximum Gasteiger partial charge on any atom is 0.393 e. The van der Waals surface area contributed by atoms with Gasteiger partial charge in [-0.25, -0.2) is 9.97 Å². The number of alkyl halides is 3. The molecule has 5 rings (SSSR count). The molecule has 5 nitrogen and oxygen atoms in total. The average Bonchev–Trinajstić information content (AvgIpc) is 3.14. The van der Waals surface area contributed by atoms with Crippen molar-refractivity contribution < 1.29 is 13.2 Å². The zero-order valence-electron chi connectivity index (χ0n) is 15.9. The minimum Gasteiger partial charge on any atom is -0.355 e. The predicted octanol–water partition coefficient (Wildman–Crippen LogP) is 2.87. The molecule has 0 atom stereocenters. The molecule has 2 aromatic heterocycles. The summed E-state index contributed by atoms with van der Waals surface area (Å²) in [6.45, 7) is 7.69. The number of likely N-dealkylation sites (tertiary alicyclic amines) is 2. The van der Waals surface area contributed by atoms with E-state index in [4.69, 9.17) is 0 Å². The molecule has 0 N–H and O–H groups in total. The number of halogens is 3. The summed E-state index contributed by atoms with van der Waals surface area (Å²) in [4.78, 5) is 16.8. The molecular formula is C19H24F3N5S. The maximum absolute atomic E-state index is 12.8. The van der Waals surface area contributed by atoms with E-state index in [9.17, 15) is 13.2 Å². The van der Waals surface area contributed by atoms with Crippen LogP contribution in [-0.2, 0) is 6.42 Å². The summed E-state index contributed by atoms with van der Waals surface area (Å²) in [5.41, 5.74) is 0.317. The third kappa shape index (κ3) is 3.48. The molecule has 0 aromatic carbocycles.